The Hall–Kier alpha value is -8.17. The first kappa shape index (κ1) is 65.3. The van der Waals surface area contributed by atoms with Gasteiger partial charge in [0.15, 0.2) is 11.6 Å². The molecule has 22 nitrogen and oxygen atoms in total. The van der Waals surface area contributed by atoms with Crippen molar-refractivity contribution in [2.45, 2.75) is 147 Å². The third-order valence-electron chi connectivity index (χ3n) is 13.7. The van der Waals surface area contributed by atoms with E-state index in [0.717, 1.165) is 69.8 Å². The van der Waals surface area contributed by atoms with Crippen LogP contribution in [-0.2, 0) is 59.3 Å². The van der Waals surface area contributed by atoms with Crippen LogP contribution in [0.15, 0.2) is 91.0 Å². The maximum Gasteiger partial charge on any atom is 0.325 e. The van der Waals surface area contributed by atoms with Gasteiger partial charge in [-0.05, 0) is 67.1 Å². The molecule has 8 amide bonds. The summed E-state index contributed by atoms with van der Waals surface area (Å²) in [5.74, 6) is -10.8. The minimum absolute atomic E-state index is 0.0150. The zero-order valence-corrected chi connectivity index (χ0v) is 45.7. The first-order valence-corrected chi connectivity index (χ1v) is 27.3. The Morgan fingerprint density at radius 1 is 0.494 bits per heavy atom. The van der Waals surface area contributed by atoms with Crippen LogP contribution >= 0.6 is 0 Å². The molecule has 0 spiro atoms. The number of Topliss-reactive ketones (excluding diaryl/α,β-unsaturated/α-hetero) is 2. The van der Waals surface area contributed by atoms with Gasteiger partial charge in [0.05, 0.1) is 12.1 Å². The van der Waals surface area contributed by atoms with Crippen molar-refractivity contribution >= 4 is 86.3 Å². The maximum absolute atomic E-state index is 13.6. The van der Waals surface area contributed by atoms with Crippen LogP contribution in [0.2, 0.25) is 0 Å². The van der Waals surface area contributed by atoms with Crippen molar-refractivity contribution in [1.82, 2.24) is 42.5 Å². The van der Waals surface area contributed by atoms with Crippen molar-refractivity contribution in [1.29, 1.82) is 0 Å². The lowest BCUT2D eigenvalue weighted by molar-refractivity contribution is -0.146. The lowest BCUT2D eigenvalue weighted by Gasteiger charge is -2.31. The van der Waals surface area contributed by atoms with Crippen LogP contribution in [0.3, 0.4) is 0 Å². The van der Waals surface area contributed by atoms with Crippen molar-refractivity contribution in [3.05, 3.63) is 108 Å². The number of carbonyl (C=O) groups excluding carboxylic acids is 11. The second-order valence-electron chi connectivity index (χ2n) is 19.8. The summed E-state index contributed by atoms with van der Waals surface area (Å²) >= 11 is 0. The lowest BCUT2D eigenvalue weighted by Crippen LogP contribution is -2.55. The lowest BCUT2D eigenvalue weighted by atomic mass is 9.83. The van der Waals surface area contributed by atoms with Gasteiger partial charge in [0, 0.05) is 0 Å². The molecule has 2 aliphatic rings. The van der Waals surface area contributed by atoms with Gasteiger partial charge < -0.3 is 52.4 Å². The summed E-state index contributed by atoms with van der Waals surface area (Å²) in [5, 5.41) is 28.6. The van der Waals surface area contributed by atoms with Crippen molar-refractivity contribution in [3.8, 4) is 0 Å². The topological polar surface area (TPSA) is 331 Å². The van der Waals surface area contributed by atoms with E-state index in [1.165, 1.54) is 0 Å². The molecule has 0 heterocycles. The summed E-state index contributed by atoms with van der Waals surface area (Å²) in [6.45, 7) is 2.29. The monoisotopic (exact) mass is 1110 g/mol. The Balaban J connectivity index is 0.000000354. The Bertz CT molecular complexity index is 2620. The van der Waals surface area contributed by atoms with Crippen LogP contribution in [0.1, 0.15) is 133 Å². The summed E-state index contributed by atoms with van der Waals surface area (Å²) in [7, 11) is 10.7. The molecule has 0 aliphatic heterocycles. The van der Waals surface area contributed by atoms with Gasteiger partial charge in [-0.3, -0.25) is 57.5 Å². The second kappa shape index (κ2) is 34.8. The SMILES string of the molecule is [B]C(=O)N[C@H](C(=O)N[C@H](C(=O)NC(CCC)C(=O)C(=O)NCC(=O)O)c1ccccc1)C1CCCCC1.[B]C(=O)N[C@H](C(=O)N[C@H](C(=O)NC(CCC)C(=O)C(=O)NCC(=O)OCc1ccccc1)c1ccccc1)C1CCCCC1. The van der Waals surface area contributed by atoms with E-state index in [4.69, 9.17) is 25.5 Å². The molecule has 3 aromatic rings. The molecule has 2 unspecified atom stereocenters. The minimum atomic E-state index is -1.32. The van der Waals surface area contributed by atoms with Gasteiger partial charge in [-0.15, -0.1) is 0 Å². The zero-order chi connectivity index (χ0) is 59.3. The molecule has 9 N–H and O–H groups in total. The summed E-state index contributed by atoms with van der Waals surface area (Å²) in [5.41, 5.74) is 1.63. The average molecular weight is 1110 g/mol. The van der Waals surface area contributed by atoms with Crippen LogP contribution < -0.4 is 42.5 Å². The zero-order valence-electron chi connectivity index (χ0n) is 45.7. The highest BCUT2D eigenvalue weighted by atomic mass is 16.5. The molecule has 5 rings (SSSR count). The number of carboxylic acid groups (broad SMARTS) is 1. The van der Waals surface area contributed by atoms with Crippen LogP contribution in [0.25, 0.3) is 0 Å². The molecule has 6 atom stereocenters. The second-order valence-corrected chi connectivity index (χ2v) is 19.8. The number of ether oxygens (including phenoxy) is 1. The predicted octanol–water partition coefficient (Wildman–Crippen LogP) is 3.11. The Kier molecular flexibility index (Phi) is 28.0. The molecule has 81 heavy (non-hydrogen) atoms. The number of esters is 1. The highest BCUT2D eigenvalue weighted by Gasteiger charge is 2.37. The molecule has 3 aromatic carbocycles. The van der Waals surface area contributed by atoms with Crippen LogP contribution in [0.4, 0.5) is 9.59 Å². The number of aliphatic carboxylic acids is 1. The summed E-state index contributed by atoms with van der Waals surface area (Å²) in [6, 6.07) is 19.0. The molecule has 2 aliphatic carbocycles. The van der Waals surface area contributed by atoms with E-state index in [9.17, 15) is 57.5 Å². The Morgan fingerprint density at radius 3 is 1.22 bits per heavy atom. The van der Waals surface area contributed by atoms with Crippen LogP contribution in [0, 0.1) is 11.8 Å². The molecule has 2 saturated carbocycles. The van der Waals surface area contributed by atoms with Crippen molar-refractivity contribution in [3.63, 3.8) is 0 Å². The third kappa shape index (κ3) is 22.5. The summed E-state index contributed by atoms with van der Waals surface area (Å²) in [4.78, 5) is 150. The van der Waals surface area contributed by atoms with Crippen LogP contribution in [-0.4, -0.2) is 129 Å². The van der Waals surface area contributed by atoms with Gasteiger partial charge in [0.1, 0.15) is 43.9 Å². The molecule has 24 heteroatoms. The molecular formula is C57H72B2N8O14. The number of ketones is 2. The summed E-state index contributed by atoms with van der Waals surface area (Å²) in [6.07, 6.45) is 9.74. The number of rotatable bonds is 28. The van der Waals surface area contributed by atoms with Gasteiger partial charge in [0.2, 0.25) is 50.9 Å². The van der Waals surface area contributed by atoms with Gasteiger partial charge in [-0.2, -0.15) is 0 Å². The largest absolute Gasteiger partial charge is 0.480 e. The van der Waals surface area contributed by atoms with Crippen molar-refractivity contribution < 1.29 is 67.4 Å². The molecule has 430 valence electrons. The number of nitrogens with one attached hydrogen (secondary N) is 8. The molecule has 2 fully saturated rings. The number of carboxylic acids is 1. The van der Waals surface area contributed by atoms with E-state index in [2.05, 4.69) is 37.2 Å². The molecule has 4 radical (unpaired) electrons. The highest BCUT2D eigenvalue weighted by Crippen LogP contribution is 2.29. The van der Waals surface area contributed by atoms with E-state index < -0.39 is 120 Å². The van der Waals surface area contributed by atoms with Crippen molar-refractivity contribution in [2.75, 3.05) is 13.1 Å². The maximum atomic E-state index is 13.6. The average Bonchev–Trinajstić information content (AvgIpc) is 3.47. The normalized spacial score (nSPS) is 15.5. The van der Waals surface area contributed by atoms with Gasteiger partial charge in [-0.1, -0.05) is 156 Å². The predicted molar refractivity (Wildman–Crippen MR) is 298 cm³/mol. The van der Waals surface area contributed by atoms with Gasteiger partial charge in [-0.25, -0.2) is 0 Å². The van der Waals surface area contributed by atoms with Crippen LogP contribution in [0.5, 0.6) is 0 Å². The van der Waals surface area contributed by atoms with E-state index >= 15 is 0 Å². The number of hydrogen-bond acceptors (Lipinski definition) is 13. The fraction of sp³-hybridized carbons (Fsp3) is 0.474. The third-order valence-corrected chi connectivity index (χ3v) is 13.7. The first-order valence-electron chi connectivity index (χ1n) is 27.3. The number of benzene rings is 3. The number of amides is 8. The summed E-state index contributed by atoms with van der Waals surface area (Å²) < 4.78 is 5.13. The standard InChI is InChI=1S/C32H39BN4O7.C25H33BN4O7/c1-2-12-24(28(39)31(42)34-19-25(38)44-20-21-13-6-3-7-14-21)35-29(40)26(22-15-8-4-9-16-22)36-30(41)27(37-32(33)43)23-17-10-5-11-18-23;1-2-9-17(21(33)24(36)27-14-18(31)32)28-22(34)19(15-10-5-3-6-11-15)29-23(35)20(30-25(26)37)16-12-7-4-8-13-16/h3-4,6-9,13-16,23-24,26-27H,2,5,10-12,17-20H2,1H3,(H,34,42)(H,35,40)(H,36,41)(H,37,43);3,5-6,10-11,16-17,19-20H,2,4,7-9,12-14H2,1H3,(H,27,36)(H,28,34)(H,29,35)(H,30,37)(H,31,32)/t24?,26-,27-;17?,19-,20-/m00/s1. The number of hydrogen-bond donors (Lipinski definition) is 9. The van der Waals surface area contributed by atoms with Crippen molar-refractivity contribution in [2.24, 2.45) is 11.8 Å². The smallest absolute Gasteiger partial charge is 0.325 e. The van der Waals surface area contributed by atoms with Gasteiger partial charge in [0.25, 0.3) is 11.8 Å². The molecule has 0 aromatic heterocycles. The van der Waals surface area contributed by atoms with Gasteiger partial charge >= 0.3 is 11.9 Å². The molecule has 0 bridgehead atoms. The van der Waals surface area contributed by atoms with E-state index in [1.54, 1.807) is 98.8 Å². The quantitative estimate of drug-likeness (QED) is 0.0287. The van der Waals surface area contributed by atoms with E-state index in [1.807, 2.05) is 11.4 Å². The van der Waals surface area contributed by atoms with E-state index in [-0.39, 0.29) is 31.3 Å². The van der Waals surface area contributed by atoms with E-state index in [0.29, 0.717) is 24.0 Å². The molecular weight excluding hydrogens is 1040 g/mol. The number of carbonyl (C=O) groups is 12. The Labute approximate surface area is 473 Å². The Morgan fingerprint density at radius 2 is 0.864 bits per heavy atom. The fourth-order valence-electron chi connectivity index (χ4n) is 9.61. The fourth-order valence-corrected chi connectivity index (χ4v) is 9.61. The molecule has 0 saturated heterocycles. The first-order chi connectivity index (χ1) is 38.8. The highest BCUT2D eigenvalue weighted by molar-refractivity contribution is 6.57. The minimum Gasteiger partial charge on any atom is -0.480 e.